The lowest BCUT2D eigenvalue weighted by Gasteiger charge is -2.04. The molecule has 0 bridgehead atoms. The first-order valence-corrected chi connectivity index (χ1v) is 5.26. The first-order chi connectivity index (χ1) is 8.69. The highest BCUT2D eigenvalue weighted by molar-refractivity contribution is 5.91. The molecule has 2 aromatic rings. The summed E-state index contributed by atoms with van der Waals surface area (Å²) in [7, 11) is 0. The molecule has 0 fully saturated rings. The third-order valence-corrected chi connectivity index (χ3v) is 2.35. The predicted molar refractivity (Wildman–Crippen MR) is 62.4 cm³/mol. The lowest BCUT2D eigenvalue weighted by Crippen LogP contribution is -2.30. The highest BCUT2D eigenvalue weighted by atomic mass is 16.2. The van der Waals surface area contributed by atoms with Crippen molar-refractivity contribution in [1.29, 1.82) is 0 Å². The third kappa shape index (κ3) is 2.80. The van der Waals surface area contributed by atoms with Crippen molar-refractivity contribution in [2.45, 2.75) is 13.1 Å². The van der Waals surface area contributed by atoms with Gasteiger partial charge in [-0.05, 0) is 0 Å². The van der Waals surface area contributed by atoms with E-state index in [1.807, 2.05) is 9.99 Å². The van der Waals surface area contributed by atoms with Crippen molar-refractivity contribution in [3.63, 3.8) is 0 Å². The normalized spacial score (nSPS) is 10.3. The number of aryl methyl sites for hydroxylation is 2. The van der Waals surface area contributed by atoms with Crippen molar-refractivity contribution < 1.29 is 4.79 Å². The second-order valence-corrected chi connectivity index (χ2v) is 3.61. The van der Waals surface area contributed by atoms with Crippen molar-refractivity contribution in [2.24, 2.45) is 5.84 Å². The van der Waals surface area contributed by atoms with Crippen LogP contribution in [0.5, 0.6) is 0 Å². The number of nitrogens with two attached hydrogens (primary N) is 1. The van der Waals surface area contributed by atoms with Gasteiger partial charge >= 0.3 is 0 Å². The fraction of sp³-hybridized carbons (Fsp3) is 0.200. The van der Waals surface area contributed by atoms with E-state index in [4.69, 9.17) is 5.84 Å². The summed E-state index contributed by atoms with van der Waals surface area (Å²) in [6.07, 6.45) is 4.88. The van der Waals surface area contributed by atoms with E-state index in [1.165, 1.54) is 23.0 Å². The van der Waals surface area contributed by atoms with Gasteiger partial charge in [0.15, 0.2) is 11.1 Å². The summed E-state index contributed by atoms with van der Waals surface area (Å²) in [5.41, 5.74) is 2.11. The Morgan fingerprint density at radius 3 is 2.72 bits per heavy atom. The van der Waals surface area contributed by atoms with Gasteiger partial charge in [-0.15, -0.1) is 5.10 Å². The van der Waals surface area contributed by atoms with E-state index >= 15 is 0 Å². The van der Waals surface area contributed by atoms with Gasteiger partial charge in [-0.3, -0.25) is 15.0 Å². The molecule has 2 heterocycles. The number of rotatable bonds is 4. The monoisotopic (exact) mass is 248 g/mol. The molecular formula is C10H12N6O2. The van der Waals surface area contributed by atoms with E-state index in [1.54, 1.807) is 12.4 Å². The lowest BCUT2D eigenvalue weighted by molar-refractivity contribution is 0.0948. The fourth-order valence-electron chi connectivity index (χ4n) is 1.40. The number of nitrogens with zero attached hydrogens (tertiary/aromatic N) is 4. The number of hydrogen-bond acceptors (Lipinski definition) is 5. The number of hydrogen-bond donors (Lipinski definition) is 2. The van der Waals surface area contributed by atoms with Crippen molar-refractivity contribution in [1.82, 2.24) is 25.0 Å². The minimum atomic E-state index is -0.482. The molecule has 0 radical (unpaired) electrons. The second-order valence-electron chi connectivity index (χ2n) is 3.61. The smallest absolute Gasteiger partial charge is 0.287 e. The van der Waals surface area contributed by atoms with Gasteiger partial charge in [0.2, 0.25) is 0 Å². The summed E-state index contributed by atoms with van der Waals surface area (Å²) in [5.74, 6) is 4.50. The second kappa shape index (κ2) is 5.23. The maximum absolute atomic E-state index is 11.1. The van der Waals surface area contributed by atoms with Crippen molar-refractivity contribution in [3.05, 3.63) is 46.6 Å². The molecule has 0 atom stereocenters. The van der Waals surface area contributed by atoms with Gasteiger partial charge in [-0.25, -0.2) is 10.5 Å². The van der Waals surface area contributed by atoms with Gasteiger partial charge < -0.3 is 4.57 Å². The van der Waals surface area contributed by atoms with Crippen LogP contribution in [0.4, 0.5) is 0 Å². The summed E-state index contributed by atoms with van der Waals surface area (Å²) < 4.78 is 3.37. The molecule has 0 saturated carbocycles. The number of carbonyl (C=O) groups excluding carboxylic acids is 1. The molecule has 18 heavy (non-hydrogen) atoms. The Labute approximate surface area is 102 Å². The average molecular weight is 248 g/mol. The Bertz CT molecular complexity index is 582. The molecular weight excluding hydrogens is 236 g/mol. The number of carbonyl (C=O) groups is 1. The summed E-state index contributed by atoms with van der Waals surface area (Å²) in [6, 6.07) is 2.96. The van der Waals surface area contributed by atoms with Crippen LogP contribution in [0, 0.1) is 0 Å². The van der Waals surface area contributed by atoms with E-state index in [-0.39, 0.29) is 11.1 Å². The number of nitrogen functional groups attached to an aromatic ring is 1. The Morgan fingerprint density at radius 2 is 2.06 bits per heavy atom. The minimum Gasteiger partial charge on any atom is -0.352 e. The third-order valence-electron chi connectivity index (χ3n) is 2.35. The zero-order valence-corrected chi connectivity index (χ0v) is 9.48. The van der Waals surface area contributed by atoms with Crippen LogP contribution in [0.2, 0.25) is 0 Å². The van der Waals surface area contributed by atoms with Crippen LogP contribution in [0.25, 0.3) is 0 Å². The molecule has 2 aromatic heterocycles. The van der Waals surface area contributed by atoms with Crippen LogP contribution in [-0.4, -0.2) is 25.5 Å². The Kier molecular flexibility index (Phi) is 3.49. The maximum Gasteiger partial charge on any atom is 0.287 e. The van der Waals surface area contributed by atoms with Crippen LogP contribution in [0.3, 0.4) is 0 Å². The van der Waals surface area contributed by atoms with Crippen LogP contribution in [0.15, 0.2) is 35.5 Å². The molecule has 0 aliphatic heterocycles. The quantitative estimate of drug-likeness (QED) is 0.399. The average Bonchev–Trinajstić information content (AvgIpc) is 2.86. The summed E-state index contributed by atoms with van der Waals surface area (Å²) >= 11 is 0. The predicted octanol–water partition coefficient (Wildman–Crippen LogP) is -1.26. The molecule has 0 saturated heterocycles. The van der Waals surface area contributed by atoms with Crippen molar-refractivity contribution in [3.8, 4) is 0 Å². The summed E-state index contributed by atoms with van der Waals surface area (Å²) in [5, 5.41) is 7.47. The maximum atomic E-state index is 11.1. The lowest BCUT2D eigenvalue weighted by atomic mass is 10.4. The van der Waals surface area contributed by atoms with Crippen LogP contribution >= 0.6 is 0 Å². The van der Waals surface area contributed by atoms with Gasteiger partial charge in [0, 0.05) is 31.1 Å². The van der Waals surface area contributed by atoms with E-state index in [0.29, 0.717) is 13.1 Å². The summed E-state index contributed by atoms with van der Waals surface area (Å²) in [4.78, 5) is 22.1. The molecule has 1 amide bonds. The number of pyridine rings is 1. The highest BCUT2D eigenvalue weighted by Crippen LogP contribution is 1.94. The topological polar surface area (TPSA) is 108 Å². The first kappa shape index (κ1) is 12.0. The molecule has 0 spiro atoms. The summed E-state index contributed by atoms with van der Waals surface area (Å²) in [6.45, 7) is 1.15. The first-order valence-electron chi connectivity index (χ1n) is 5.26. The number of nitrogens with one attached hydrogen (secondary N) is 1. The molecule has 94 valence electrons. The zero-order valence-electron chi connectivity index (χ0n) is 9.48. The van der Waals surface area contributed by atoms with E-state index in [9.17, 15) is 9.59 Å². The highest BCUT2D eigenvalue weighted by Gasteiger charge is 2.08. The molecule has 3 N–H and O–H groups in total. The minimum absolute atomic E-state index is 0.0334. The van der Waals surface area contributed by atoms with E-state index < -0.39 is 5.91 Å². The molecule has 2 rings (SSSR count). The van der Waals surface area contributed by atoms with Crippen molar-refractivity contribution in [2.75, 3.05) is 0 Å². The Hall–Kier alpha value is -2.48. The molecule has 0 aliphatic rings. The zero-order chi connectivity index (χ0) is 13.0. The van der Waals surface area contributed by atoms with Gasteiger partial charge in [-0.1, -0.05) is 5.21 Å². The fourth-order valence-corrected chi connectivity index (χ4v) is 1.40. The number of hydrazine groups is 1. The Balaban J connectivity index is 1.98. The number of aromatic nitrogens is 4. The van der Waals surface area contributed by atoms with Gasteiger partial charge in [0.05, 0.1) is 12.7 Å². The Morgan fingerprint density at radius 1 is 1.33 bits per heavy atom. The standard InChI is InChI=1S/C10H12N6O2/c11-12-10(18)9-7-16(14-13-9)6-5-15-3-1-8(17)2-4-15/h1-4,7H,5-6,11H2,(H,12,18). The largest absolute Gasteiger partial charge is 0.352 e. The van der Waals surface area contributed by atoms with E-state index in [0.717, 1.165) is 0 Å². The molecule has 0 unspecified atom stereocenters. The van der Waals surface area contributed by atoms with Crippen LogP contribution in [0.1, 0.15) is 10.5 Å². The van der Waals surface area contributed by atoms with Gasteiger partial charge in [-0.2, -0.15) is 0 Å². The number of amides is 1. The van der Waals surface area contributed by atoms with Gasteiger partial charge in [0.25, 0.3) is 5.91 Å². The van der Waals surface area contributed by atoms with Crippen LogP contribution < -0.4 is 16.7 Å². The molecule has 8 heteroatoms. The van der Waals surface area contributed by atoms with Gasteiger partial charge in [0.1, 0.15) is 0 Å². The molecule has 8 nitrogen and oxygen atoms in total. The van der Waals surface area contributed by atoms with E-state index in [2.05, 4.69) is 10.3 Å². The molecule has 0 aliphatic carbocycles. The molecule has 0 aromatic carbocycles. The SMILES string of the molecule is NNC(=O)c1cn(CCn2ccc(=O)cc2)nn1. The van der Waals surface area contributed by atoms with Crippen molar-refractivity contribution >= 4 is 5.91 Å². The van der Waals surface area contributed by atoms with Crippen LogP contribution in [-0.2, 0) is 13.1 Å².